The first-order valence-corrected chi connectivity index (χ1v) is 7.41. The fourth-order valence-electron chi connectivity index (χ4n) is 2.76. The first kappa shape index (κ1) is 15.4. The molecule has 1 aliphatic rings. The van der Waals surface area contributed by atoms with Crippen LogP contribution in [0.1, 0.15) is 5.69 Å². The number of fused-ring (bicyclic) bond motifs is 1. The number of rotatable bonds is 3. The SMILES string of the molecule is O=C(O)[C@@H]1CNCCN(Cc2cc(=O)n3cccc(O)c3n2)C1. The molecule has 0 amide bonds. The second-order valence-electron chi connectivity index (χ2n) is 5.65. The Morgan fingerprint density at radius 3 is 3.09 bits per heavy atom. The van der Waals surface area contributed by atoms with Gasteiger partial charge < -0.3 is 15.5 Å². The van der Waals surface area contributed by atoms with Gasteiger partial charge in [0.25, 0.3) is 5.56 Å². The first-order chi connectivity index (χ1) is 11.0. The van der Waals surface area contributed by atoms with Crippen molar-refractivity contribution in [2.24, 2.45) is 5.92 Å². The topological polar surface area (TPSA) is 107 Å². The van der Waals surface area contributed by atoms with E-state index in [4.69, 9.17) is 0 Å². The summed E-state index contributed by atoms with van der Waals surface area (Å²) in [6.07, 6.45) is 1.55. The molecular formula is C15H18N4O4. The summed E-state index contributed by atoms with van der Waals surface area (Å²) >= 11 is 0. The molecule has 2 aromatic rings. The third kappa shape index (κ3) is 3.33. The van der Waals surface area contributed by atoms with Crippen LogP contribution in [-0.2, 0) is 11.3 Å². The lowest BCUT2D eigenvalue weighted by Crippen LogP contribution is -2.34. The van der Waals surface area contributed by atoms with Crippen LogP contribution in [0.3, 0.4) is 0 Å². The number of hydrogen-bond acceptors (Lipinski definition) is 6. The number of carbonyl (C=O) groups is 1. The van der Waals surface area contributed by atoms with Gasteiger partial charge in [0, 0.05) is 45.0 Å². The Morgan fingerprint density at radius 1 is 1.48 bits per heavy atom. The summed E-state index contributed by atoms with van der Waals surface area (Å²) < 4.78 is 1.28. The molecule has 8 heteroatoms. The molecule has 1 saturated heterocycles. The van der Waals surface area contributed by atoms with Gasteiger partial charge in [-0.05, 0) is 12.1 Å². The maximum absolute atomic E-state index is 12.1. The zero-order valence-corrected chi connectivity index (χ0v) is 12.5. The molecule has 0 bridgehead atoms. The molecule has 2 aromatic heterocycles. The zero-order chi connectivity index (χ0) is 16.4. The van der Waals surface area contributed by atoms with Crippen molar-refractivity contribution in [2.45, 2.75) is 6.54 Å². The van der Waals surface area contributed by atoms with E-state index >= 15 is 0 Å². The van der Waals surface area contributed by atoms with Gasteiger partial charge in [0.1, 0.15) is 0 Å². The van der Waals surface area contributed by atoms with Crippen molar-refractivity contribution in [1.29, 1.82) is 0 Å². The minimum Gasteiger partial charge on any atom is -0.504 e. The molecular weight excluding hydrogens is 300 g/mol. The van der Waals surface area contributed by atoms with Crippen molar-refractivity contribution in [1.82, 2.24) is 19.6 Å². The molecule has 1 aliphatic heterocycles. The van der Waals surface area contributed by atoms with Gasteiger partial charge in [0.05, 0.1) is 11.6 Å². The molecule has 0 spiro atoms. The summed E-state index contributed by atoms with van der Waals surface area (Å²) in [5.74, 6) is -1.39. The fraction of sp³-hybridized carbons (Fsp3) is 0.400. The summed E-state index contributed by atoms with van der Waals surface area (Å²) in [6, 6.07) is 4.46. The van der Waals surface area contributed by atoms with E-state index in [-0.39, 0.29) is 17.0 Å². The van der Waals surface area contributed by atoms with Gasteiger partial charge in [-0.15, -0.1) is 0 Å². The molecule has 1 atom stereocenters. The van der Waals surface area contributed by atoms with Gasteiger partial charge in [0.15, 0.2) is 11.4 Å². The van der Waals surface area contributed by atoms with Crippen molar-refractivity contribution < 1.29 is 15.0 Å². The minimum absolute atomic E-state index is 0.0626. The number of carboxylic acid groups (broad SMARTS) is 1. The number of aromatic nitrogens is 2. The quantitative estimate of drug-likeness (QED) is 0.700. The van der Waals surface area contributed by atoms with Gasteiger partial charge in [-0.1, -0.05) is 0 Å². The number of aromatic hydroxyl groups is 1. The predicted molar refractivity (Wildman–Crippen MR) is 82.4 cm³/mol. The summed E-state index contributed by atoms with van der Waals surface area (Å²) in [5.41, 5.74) is 0.448. The largest absolute Gasteiger partial charge is 0.504 e. The van der Waals surface area contributed by atoms with Crippen LogP contribution in [-0.4, -0.2) is 56.6 Å². The van der Waals surface area contributed by atoms with E-state index in [0.29, 0.717) is 38.4 Å². The smallest absolute Gasteiger partial charge is 0.309 e. The Labute approximate surface area is 132 Å². The molecule has 23 heavy (non-hydrogen) atoms. The van der Waals surface area contributed by atoms with Crippen LogP contribution in [0.25, 0.3) is 5.65 Å². The van der Waals surface area contributed by atoms with Gasteiger partial charge in [-0.25, -0.2) is 4.98 Å². The molecule has 0 radical (unpaired) electrons. The van der Waals surface area contributed by atoms with Gasteiger partial charge in [0.2, 0.25) is 0 Å². The average molecular weight is 318 g/mol. The van der Waals surface area contributed by atoms with E-state index in [1.165, 1.54) is 16.5 Å². The molecule has 0 aliphatic carbocycles. The Bertz CT molecular complexity index is 789. The Hall–Kier alpha value is -2.45. The highest BCUT2D eigenvalue weighted by Crippen LogP contribution is 2.15. The number of aliphatic carboxylic acids is 1. The van der Waals surface area contributed by atoms with Crippen LogP contribution >= 0.6 is 0 Å². The normalized spacial score (nSPS) is 19.6. The van der Waals surface area contributed by atoms with Crippen LogP contribution in [0.5, 0.6) is 5.75 Å². The second kappa shape index (κ2) is 6.35. The summed E-state index contributed by atoms with van der Waals surface area (Å²) in [4.78, 5) is 29.6. The second-order valence-corrected chi connectivity index (χ2v) is 5.65. The maximum Gasteiger partial charge on any atom is 0.309 e. The van der Waals surface area contributed by atoms with Gasteiger partial charge in [-0.2, -0.15) is 0 Å². The Morgan fingerprint density at radius 2 is 2.30 bits per heavy atom. The molecule has 122 valence electrons. The molecule has 0 saturated carbocycles. The average Bonchev–Trinajstić information content (AvgIpc) is 2.74. The Balaban J connectivity index is 1.87. The minimum atomic E-state index is -0.839. The number of nitrogens with one attached hydrogen (secondary N) is 1. The molecule has 3 heterocycles. The number of pyridine rings is 1. The molecule has 8 nitrogen and oxygen atoms in total. The summed E-state index contributed by atoms with van der Waals surface area (Å²) in [7, 11) is 0. The van der Waals surface area contributed by atoms with Gasteiger partial charge in [-0.3, -0.25) is 18.9 Å². The van der Waals surface area contributed by atoms with E-state index in [1.807, 2.05) is 4.90 Å². The van der Waals surface area contributed by atoms with Crippen molar-refractivity contribution >= 4 is 11.6 Å². The molecule has 3 N–H and O–H groups in total. The van der Waals surface area contributed by atoms with Crippen molar-refractivity contribution in [3.8, 4) is 5.75 Å². The lowest BCUT2D eigenvalue weighted by atomic mass is 10.1. The number of nitrogens with zero attached hydrogens (tertiary/aromatic N) is 3. The summed E-state index contributed by atoms with van der Waals surface area (Å²) in [5, 5.41) is 22.2. The highest BCUT2D eigenvalue weighted by atomic mass is 16.4. The lowest BCUT2D eigenvalue weighted by molar-refractivity contribution is -0.142. The Kier molecular flexibility index (Phi) is 4.26. The van der Waals surface area contributed by atoms with Crippen LogP contribution in [0.4, 0.5) is 0 Å². The van der Waals surface area contributed by atoms with Gasteiger partial charge >= 0.3 is 5.97 Å². The van der Waals surface area contributed by atoms with Crippen molar-refractivity contribution in [2.75, 3.05) is 26.2 Å². The third-order valence-electron chi connectivity index (χ3n) is 3.93. The molecule has 1 fully saturated rings. The standard InChI is InChI=1S/C15H18N4O4/c20-12-2-1-4-19-13(21)6-11(17-14(12)19)9-18-5-3-16-7-10(8-18)15(22)23/h1-2,4,6,10,16,20H,3,5,7-9H2,(H,22,23)/t10-/m1/s1. The molecule has 0 unspecified atom stereocenters. The van der Waals surface area contributed by atoms with Crippen molar-refractivity contribution in [3.63, 3.8) is 0 Å². The number of hydrogen-bond donors (Lipinski definition) is 3. The summed E-state index contributed by atoms with van der Waals surface area (Å²) in [6.45, 7) is 2.54. The molecule has 3 rings (SSSR count). The highest BCUT2D eigenvalue weighted by Gasteiger charge is 2.24. The predicted octanol–water partition coefficient (Wildman–Crippen LogP) is -0.494. The van der Waals surface area contributed by atoms with E-state index in [2.05, 4.69) is 10.3 Å². The maximum atomic E-state index is 12.1. The fourth-order valence-corrected chi connectivity index (χ4v) is 2.76. The van der Waals surface area contributed by atoms with E-state index in [9.17, 15) is 19.8 Å². The van der Waals surface area contributed by atoms with Crippen LogP contribution in [0.2, 0.25) is 0 Å². The highest BCUT2D eigenvalue weighted by molar-refractivity contribution is 5.70. The number of carboxylic acids is 1. The van der Waals surface area contributed by atoms with E-state index in [0.717, 1.165) is 0 Å². The zero-order valence-electron chi connectivity index (χ0n) is 12.5. The van der Waals surface area contributed by atoms with E-state index < -0.39 is 11.9 Å². The first-order valence-electron chi connectivity index (χ1n) is 7.41. The van der Waals surface area contributed by atoms with Crippen LogP contribution < -0.4 is 10.9 Å². The van der Waals surface area contributed by atoms with Crippen LogP contribution in [0.15, 0.2) is 29.2 Å². The van der Waals surface area contributed by atoms with Crippen molar-refractivity contribution in [3.05, 3.63) is 40.4 Å². The van der Waals surface area contributed by atoms with E-state index in [1.54, 1.807) is 12.3 Å². The lowest BCUT2D eigenvalue weighted by Gasteiger charge is -2.21. The monoisotopic (exact) mass is 318 g/mol. The molecule has 0 aromatic carbocycles. The third-order valence-corrected chi connectivity index (χ3v) is 3.93. The van der Waals surface area contributed by atoms with Crippen LogP contribution in [0, 0.1) is 5.92 Å².